The fourth-order valence-electron chi connectivity index (χ4n) is 2.45. The van der Waals surface area contributed by atoms with Gasteiger partial charge in [0, 0.05) is 24.1 Å². The van der Waals surface area contributed by atoms with E-state index in [-0.39, 0.29) is 6.04 Å². The highest BCUT2D eigenvalue weighted by Gasteiger charge is 2.35. The third-order valence-corrected chi connectivity index (χ3v) is 5.56. The first-order chi connectivity index (χ1) is 9.07. The maximum atomic E-state index is 13.7. The number of hydrogen-bond acceptors (Lipinski definition) is 3. The Morgan fingerprint density at radius 2 is 2.11 bits per heavy atom. The standard InChI is InChI=1S/C12H16BrFN2O2S/c13-7-9-16(10-4-1-2-5-10)19(17,18)12-11(14)6-3-8-15-12/h3,6,8,10H,1-2,4-5,7,9H2. The van der Waals surface area contributed by atoms with Crippen molar-refractivity contribution in [3.8, 4) is 0 Å². The monoisotopic (exact) mass is 350 g/mol. The van der Waals surface area contributed by atoms with Gasteiger partial charge < -0.3 is 0 Å². The van der Waals surface area contributed by atoms with Crippen LogP contribution in [0.25, 0.3) is 0 Å². The van der Waals surface area contributed by atoms with Crippen LogP contribution in [0.1, 0.15) is 25.7 Å². The summed E-state index contributed by atoms with van der Waals surface area (Å²) in [6, 6.07) is 2.48. The molecule has 1 fully saturated rings. The van der Waals surface area contributed by atoms with Crippen molar-refractivity contribution in [1.82, 2.24) is 9.29 Å². The van der Waals surface area contributed by atoms with E-state index in [1.807, 2.05) is 0 Å². The molecule has 0 amide bonds. The molecule has 106 valence electrons. The predicted molar refractivity (Wildman–Crippen MR) is 74.1 cm³/mol. The smallest absolute Gasteiger partial charge is 0.241 e. The summed E-state index contributed by atoms with van der Waals surface area (Å²) >= 11 is 3.26. The number of halogens is 2. The van der Waals surface area contributed by atoms with E-state index in [2.05, 4.69) is 20.9 Å². The van der Waals surface area contributed by atoms with Crippen LogP contribution < -0.4 is 0 Å². The number of aromatic nitrogens is 1. The Kier molecular flexibility index (Phi) is 4.92. The molecule has 1 saturated carbocycles. The summed E-state index contributed by atoms with van der Waals surface area (Å²) in [5.41, 5.74) is 0. The van der Waals surface area contributed by atoms with Crippen LogP contribution in [0.15, 0.2) is 23.4 Å². The van der Waals surface area contributed by atoms with Crippen molar-refractivity contribution in [2.24, 2.45) is 0 Å². The minimum Gasteiger partial charge on any atom is -0.241 e. The first kappa shape index (κ1) is 14.9. The van der Waals surface area contributed by atoms with Crippen LogP contribution in [-0.2, 0) is 10.0 Å². The van der Waals surface area contributed by atoms with Gasteiger partial charge in [0.15, 0.2) is 5.82 Å². The zero-order valence-corrected chi connectivity index (χ0v) is 12.8. The summed E-state index contributed by atoms with van der Waals surface area (Å²) in [6.07, 6.45) is 5.01. The summed E-state index contributed by atoms with van der Waals surface area (Å²) in [6.45, 7) is 0.336. The first-order valence-electron chi connectivity index (χ1n) is 6.25. The maximum Gasteiger partial charge on any atom is 0.263 e. The van der Waals surface area contributed by atoms with Crippen LogP contribution in [0.3, 0.4) is 0 Å². The lowest BCUT2D eigenvalue weighted by Gasteiger charge is -2.26. The Morgan fingerprint density at radius 3 is 2.68 bits per heavy atom. The summed E-state index contributed by atoms with van der Waals surface area (Å²) in [7, 11) is -3.86. The molecule has 19 heavy (non-hydrogen) atoms. The molecular formula is C12H16BrFN2O2S. The lowest BCUT2D eigenvalue weighted by atomic mass is 10.2. The molecule has 1 aromatic heterocycles. The second kappa shape index (κ2) is 6.28. The van der Waals surface area contributed by atoms with Crippen molar-refractivity contribution in [1.29, 1.82) is 0 Å². The minimum atomic E-state index is -3.86. The van der Waals surface area contributed by atoms with Crippen molar-refractivity contribution in [2.75, 3.05) is 11.9 Å². The highest BCUT2D eigenvalue weighted by atomic mass is 79.9. The molecule has 0 aromatic carbocycles. The summed E-state index contributed by atoms with van der Waals surface area (Å²) < 4.78 is 40.1. The molecule has 0 unspecified atom stereocenters. The van der Waals surface area contributed by atoms with Crippen LogP contribution in [-0.4, -0.2) is 35.6 Å². The van der Waals surface area contributed by atoms with Crippen molar-refractivity contribution >= 4 is 26.0 Å². The van der Waals surface area contributed by atoms with Gasteiger partial charge in [-0.05, 0) is 25.0 Å². The molecule has 1 aromatic rings. The van der Waals surface area contributed by atoms with Gasteiger partial charge in [-0.2, -0.15) is 4.31 Å². The molecule has 0 spiro atoms. The molecule has 1 aliphatic rings. The third-order valence-electron chi connectivity index (χ3n) is 3.31. The van der Waals surface area contributed by atoms with Gasteiger partial charge in [-0.3, -0.25) is 0 Å². The number of nitrogens with zero attached hydrogens (tertiary/aromatic N) is 2. The van der Waals surface area contributed by atoms with E-state index >= 15 is 0 Å². The number of rotatable bonds is 5. The molecule has 0 atom stereocenters. The Morgan fingerprint density at radius 1 is 1.42 bits per heavy atom. The molecule has 0 aliphatic heterocycles. The summed E-state index contributed by atoms with van der Waals surface area (Å²) in [4.78, 5) is 3.70. The molecule has 4 nitrogen and oxygen atoms in total. The van der Waals surface area contributed by atoms with Crippen molar-refractivity contribution < 1.29 is 12.8 Å². The fraction of sp³-hybridized carbons (Fsp3) is 0.583. The van der Waals surface area contributed by atoms with Gasteiger partial charge in [0.25, 0.3) is 10.0 Å². The van der Waals surface area contributed by atoms with Crippen LogP contribution >= 0.6 is 15.9 Å². The molecule has 0 N–H and O–H groups in total. The van der Waals surface area contributed by atoms with Crippen molar-refractivity contribution in [3.05, 3.63) is 24.1 Å². The van der Waals surface area contributed by atoms with E-state index in [9.17, 15) is 12.8 Å². The summed E-state index contributed by atoms with van der Waals surface area (Å²) in [5, 5.41) is 0.0554. The zero-order chi connectivity index (χ0) is 13.9. The minimum absolute atomic E-state index is 0.0380. The number of sulfonamides is 1. The zero-order valence-electron chi connectivity index (χ0n) is 10.4. The Labute approximate surface area is 121 Å². The summed E-state index contributed by atoms with van der Waals surface area (Å²) in [5.74, 6) is -0.792. The lowest BCUT2D eigenvalue weighted by Crippen LogP contribution is -2.40. The predicted octanol–water partition coefficient (Wildman–Crippen LogP) is 2.55. The van der Waals surface area contributed by atoms with Crippen LogP contribution in [0.2, 0.25) is 0 Å². The van der Waals surface area contributed by atoms with E-state index < -0.39 is 20.9 Å². The topological polar surface area (TPSA) is 50.3 Å². The third kappa shape index (κ3) is 3.14. The molecule has 1 aliphatic carbocycles. The second-order valence-electron chi connectivity index (χ2n) is 4.53. The van der Waals surface area contributed by atoms with E-state index in [0.29, 0.717) is 11.9 Å². The number of alkyl halides is 1. The van der Waals surface area contributed by atoms with Gasteiger partial charge in [-0.1, -0.05) is 28.8 Å². The normalized spacial score (nSPS) is 17.2. The van der Waals surface area contributed by atoms with Gasteiger partial charge >= 0.3 is 0 Å². The first-order valence-corrected chi connectivity index (χ1v) is 8.82. The largest absolute Gasteiger partial charge is 0.263 e. The number of pyridine rings is 1. The average molecular weight is 351 g/mol. The maximum absolute atomic E-state index is 13.7. The number of hydrogen-bond donors (Lipinski definition) is 0. The van der Waals surface area contributed by atoms with Crippen molar-refractivity contribution in [2.45, 2.75) is 36.8 Å². The molecule has 0 saturated heterocycles. The van der Waals surface area contributed by atoms with Gasteiger partial charge in [-0.25, -0.2) is 17.8 Å². The highest BCUT2D eigenvalue weighted by molar-refractivity contribution is 9.09. The molecular weight excluding hydrogens is 335 g/mol. The Hall–Kier alpha value is -0.530. The van der Waals surface area contributed by atoms with Crippen LogP contribution in [0, 0.1) is 5.82 Å². The van der Waals surface area contributed by atoms with E-state index in [1.54, 1.807) is 0 Å². The quantitative estimate of drug-likeness (QED) is 0.766. The second-order valence-corrected chi connectivity index (χ2v) is 7.13. The van der Waals surface area contributed by atoms with Gasteiger partial charge in [0.05, 0.1) is 0 Å². The van der Waals surface area contributed by atoms with Gasteiger partial charge in [-0.15, -0.1) is 0 Å². The van der Waals surface area contributed by atoms with Crippen LogP contribution in [0.4, 0.5) is 4.39 Å². The molecule has 1 heterocycles. The molecule has 2 rings (SSSR count). The van der Waals surface area contributed by atoms with Crippen LogP contribution in [0.5, 0.6) is 0 Å². The highest BCUT2D eigenvalue weighted by Crippen LogP contribution is 2.28. The van der Waals surface area contributed by atoms with Gasteiger partial charge in [0.2, 0.25) is 5.03 Å². The average Bonchev–Trinajstić information content (AvgIpc) is 2.89. The fourth-order valence-corrected chi connectivity index (χ4v) is 4.73. The Balaban J connectivity index is 2.36. The Bertz CT molecular complexity index is 532. The SMILES string of the molecule is O=S(=O)(c1ncccc1F)N(CCBr)C1CCCC1. The molecule has 0 radical (unpaired) electrons. The van der Waals surface area contributed by atoms with Gasteiger partial charge in [0.1, 0.15) is 0 Å². The lowest BCUT2D eigenvalue weighted by molar-refractivity contribution is 0.334. The van der Waals surface area contributed by atoms with E-state index in [1.165, 1.54) is 16.6 Å². The van der Waals surface area contributed by atoms with E-state index in [4.69, 9.17) is 0 Å². The molecule has 7 heteroatoms. The van der Waals surface area contributed by atoms with Crippen molar-refractivity contribution in [3.63, 3.8) is 0 Å². The molecule has 0 bridgehead atoms. The van der Waals surface area contributed by atoms with E-state index in [0.717, 1.165) is 31.7 Å².